The van der Waals surface area contributed by atoms with Crippen molar-refractivity contribution in [1.29, 1.82) is 5.26 Å². The average Bonchev–Trinajstić information content (AvgIpc) is 2.68. The minimum atomic E-state index is -0.273. The molecule has 1 aliphatic rings. The van der Waals surface area contributed by atoms with Gasteiger partial charge in [-0.25, -0.2) is 4.39 Å². The van der Waals surface area contributed by atoms with Crippen molar-refractivity contribution in [2.75, 3.05) is 20.1 Å². The lowest BCUT2D eigenvalue weighted by atomic mass is 10.0. The monoisotopic (exact) mass is 261 g/mol. The van der Waals surface area contributed by atoms with Crippen molar-refractivity contribution in [3.63, 3.8) is 0 Å². The highest BCUT2D eigenvalue weighted by Gasteiger charge is 2.18. The molecule has 19 heavy (non-hydrogen) atoms. The number of rotatable bonds is 3. The van der Waals surface area contributed by atoms with Crippen LogP contribution in [-0.4, -0.2) is 31.1 Å². The fourth-order valence-corrected chi connectivity index (χ4v) is 2.64. The van der Waals surface area contributed by atoms with Crippen molar-refractivity contribution in [3.05, 3.63) is 35.1 Å². The van der Waals surface area contributed by atoms with E-state index >= 15 is 0 Å². The van der Waals surface area contributed by atoms with Gasteiger partial charge in [0, 0.05) is 12.6 Å². The van der Waals surface area contributed by atoms with E-state index in [1.807, 2.05) is 0 Å². The van der Waals surface area contributed by atoms with Gasteiger partial charge in [0.2, 0.25) is 0 Å². The van der Waals surface area contributed by atoms with E-state index in [1.54, 1.807) is 6.07 Å². The van der Waals surface area contributed by atoms with Crippen molar-refractivity contribution in [2.24, 2.45) is 0 Å². The molecule has 0 saturated carbocycles. The van der Waals surface area contributed by atoms with Gasteiger partial charge in [-0.05, 0) is 63.2 Å². The summed E-state index contributed by atoms with van der Waals surface area (Å²) in [5.74, 6) is -0.273. The fraction of sp³-hybridized carbons (Fsp3) is 0.533. The van der Waals surface area contributed by atoms with Gasteiger partial charge in [-0.1, -0.05) is 0 Å². The van der Waals surface area contributed by atoms with Crippen LogP contribution in [0.1, 0.15) is 30.4 Å². The van der Waals surface area contributed by atoms with Gasteiger partial charge in [-0.3, -0.25) is 4.90 Å². The van der Waals surface area contributed by atoms with E-state index < -0.39 is 0 Å². The Labute approximate surface area is 114 Å². The molecule has 0 spiro atoms. The smallest absolute Gasteiger partial charge is 0.123 e. The molecule has 1 aliphatic heterocycles. The van der Waals surface area contributed by atoms with E-state index in [0.717, 1.165) is 31.5 Å². The Hall–Kier alpha value is -1.44. The summed E-state index contributed by atoms with van der Waals surface area (Å²) in [4.78, 5) is 2.24. The maximum absolute atomic E-state index is 13.3. The molecule has 1 fully saturated rings. The molecule has 2 rings (SSSR count). The largest absolute Gasteiger partial charge is 0.317 e. The third-order valence-corrected chi connectivity index (χ3v) is 3.78. The van der Waals surface area contributed by atoms with Crippen LogP contribution in [0.3, 0.4) is 0 Å². The Morgan fingerprint density at radius 1 is 1.42 bits per heavy atom. The lowest BCUT2D eigenvalue weighted by Crippen LogP contribution is -2.32. The molecule has 1 heterocycles. The third-order valence-electron chi connectivity index (χ3n) is 3.78. The maximum Gasteiger partial charge on any atom is 0.123 e. The minimum Gasteiger partial charge on any atom is -0.317 e. The zero-order valence-corrected chi connectivity index (χ0v) is 11.3. The van der Waals surface area contributed by atoms with E-state index in [1.165, 1.54) is 18.6 Å². The Bertz CT molecular complexity index is 459. The van der Waals surface area contributed by atoms with Crippen molar-refractivity contribution in [2.45, 2.75) is 31.8 Å². The number of benzene rings is 1. The molecule has 4 heteroatoms. The number of nitrogens with one attached hydrogen (secondary N) is 1. The predicted octanol–water partition coefficient (Wildman–Crippen LogP) is 2.27. The van der Waals surface area contributed by atoms with Crippen LogP contribution < -0.4 is 5.32 Å². The van der Waals surface area contributed by atoms with Gasteiger partial charge in [0.1, 0.15) is 5.82 Å². The summed E-state index contributed by atoms with van der Waals surface area (Å²) >= 11 is 0. The van der Waals surface area contributed by atoms with Crippen LogP contribution in [-0.2, 0) is 6.54 Å². The van der Waals surface area contributed by atoms with E-state index in [9.17, 15) is 4.39 Å². The quantitative estimate of drug-likeness (QED) is 0.907. The summed E-state index contributed by atoms with van der Waals surface area (Å²) in [6.45, 7) is 2.74. The van der Waals surface area contributed by atoms with Crippen molar-refractivity contribution >= 4 is 0 Å². The first kappa shape index (κ1) is 14.0. The van der Waals surface area contributed by atoms with Crippen LogP contribution in [0, 0.1) is 17.1 Å². The first-order valence-electron chi connectivity index (χ1n) is 6.80. The van der Waals surface area contributed by atoms with Crippen molar-refractivity contribution < 1.29 is 4.39 Å². The lowest BCUT2D eigenvalue weighted by Gasteiger charge is -2.27. The molecule has 0 amide bonds. The third kappa shape index (κ3) is 3.76. The number of hydrogen-bond donors (Lipinski definition) is 1. The summed E-state index contributed by atoms with van der Waals surface area (Å²) in [6.07, 6.45) is 3.43. The lowest BCUT2D eigenvalue weighted by molar-refractivity contribution is 0.216. The molecule has 3 nitrogen and oxygen atoms in total. The fourth-order valence-electron chi connectivity index (χ4n) is 2.64. The molecule has 0 aromatic heterocycles. The van der Waals surface area contributed by atoms with Gasteiger partial charge in [-0.2, -0.15) is 5.26 Å². The molecule has 1 unspecified atom stereocenters. The van der Waals surface area contributed by atoms with Crippen molar-refractivity contribution in [1.82, 2.24) is 10.2 Å². The van der Waals surface area contributed by atoms with Gasteiger partial charge in [0.15, 0.2) is 0 Å². The molecule has 102 valence electrons. The van der Waals surface area contributed by atoms with E-state index in [2.05, 4.69) is 23.3 Å². The molecule has 0 radical (unpaired) electrons. The summed E-state index contributed by atoms with van der Waals surface area (Å²) in [5.41, 5.74) is 1.35. The van der Waals surface area contributed by atoms with Gasteiger partial charge >= 0.3 is 0 Å². The van der Waals surface area contributed by atoms with Gasteiger partial charge in [0.05, 0.1) is 11.6 Å². The summed E-state index contributed by atoms with van der Waals surface area (Å²) in [6, 6.07) is 7.03. The van der Waals surface area contributed by atoms with Crippen LogP contribution in [0.15, 0.2) is 18.2 Å². The van der Waals surface area contributed by atoms with Crippen LogP contribution in [0.2, 0.25) is 0 Å². The minimum absolute atomic E-state index is 0.273. The summed E-state index contributed by atoms with van der Waals surface area (Å²) in [5, 5.41) is 12.5. The molecular formula is C15H20FN3. The number of halogens is 1. The molecule has 1 aromatic rings. The topological polar surface area (TPSA) is 39.1 Å². The van der Waals surface area contributed by atoms with Crippen molar-refractivity contribution in [3.8, 4) is 6.07 Å². The average molecular weight is 261 g/mol. The number of hydrogen-bond acceptors (Lipinski definition) is 3. The molecule has 0 bridgehead atoms. The van der Waals surface area contributed by atoms with Gasteiger partial charge < -0.3 is 5.32 Å². The van der Waals surface area contributed by atoms with E-state index in [0.29, 0.717) is 18.2 Å². The van der Waals surface area contributed by atoms with E-state index in [-0.39, 0.29) is 5.82 Å². The molecule has 1 atom stereocenters. The second-order valence-electron chi connectivity index (χ2n) is 5.16. The SMILES string of the molecule is CN(Cc1cc(F)ccc1C#N)C1CCCNCC1. The second-order valence-corrected chi connectivity index (χ2v) is 5.16. The molecule has 1 saturated heterocycles. The predicted molar refractivity (Wildman–Crippen MR) is 73.1 cm³/mol. The Balaban J connectivity index is 2.07. The Morgan fingerprint density at radius 3 is 3.05 bits per heavy atom. The second kappa shape index (κ2) is 6.65. The molecule has 1 aromatic carbocycles. The van der Waals surface area contributed by atoms with Crippen LogP contribution in [0.4, 0.5) is 4.39 Å². The molecular weight excluding hydrogens is 241 g/mol. The number of nitriles is 1. The highest BCUT2D eigenvalue weighted by atomic mass is 19.1. The highest BCUT2D eigenvalue weighted by molar-refractivity contribution is 5.37. The Morgan fingerprint density at radius 2 is 2.26 bits per heavy atom. The Kier molecular flexibility index (Phi) is 4.89. The molecule has 1 N–H and O–H groups in total. The maximum atomic E-state index is 13.3. The zero-order valence-electron chi connectivity index (χ0n) is 11.3. The van der Waals surface area contributed by atoms with E-state index in [4.69, 9.17) is 5.26 Å². The first-order valence-corrected chi connectivity index (χ1v) is 6.80. The van der Waals surface area contributed by atoms with Crippen LogP contribution in [0.5, 0.6) is 0 Å². The standard InChI is InChI=1S/C15H20FN3/c1-19(15-3-2-7-18-8-6-15)11-13-9-14(16)5-4-12(13)10-17/h4-5,9,15,18H,2-3,6-8,11H2,1H3. The zero-order chi connectivity index (χ0) is 13.7. The van der Waals surface area contributed by atoms with Crippen LogP contribution >= 0.6 is 0 Å². The van der Waals surface area contributed by atoms with Gasteiger partial charge in [0.25, 0.3) is 0 Å². The van der Waals surface area contributed by atoms with Crippen LogP contribution in [0.25, 0.3) is 0 Å². The summed E-state index contributed by atoms with van der Waals surface area (Å²) in [7, 11) is 2.06. The number of nitrogens with zero attached hydrogens (tertiary/aromatic N) is 2. The summed E-state index contributed by atoms with van der Waals surface area (Å²) < 4.78 is 13.3. The molecule has 0 aliphatic carbocycles. The van der Waals surface area contributed by atoms with Gasteiger partial charge in [-0.15, -0.1) is 0 Å². The normalized spacial score (nSPS) is 20.0. The highest BCUT2D eigenvalue weighted by Crippen LogP contribution is 2.17. The first-order chi connectivity index (χ1) is 9.20.